The number of carbonyl (C=O) groups excluding carboxylic acids is 1. The Balaban J connectivity index is 2.06. The van der Waals surface area contributed by atoms with E-state index in [1.165, 1.54) is 0 Å². The molecule has 0 spiro atoms. The van der Waals surface area contributed by atoms with Gasteiger partial charge in [-0.3, -0.25) is 4.79 Å². The van der Waals surface area contributed by atoms with Gasteiger partial charge in [0, 0.05) is 12.3 Å². The monoisotopic (exact) mass is 299 g/mol. The zero-order chi connectivity index (χ0) is 14.0. The lowest BCUT2D eigenvalue weighted by Gasteiger charge is -2.21. The molecule has 19 heavy (non-hydrogen) atoms. The summed E-state index contributed by atoms with van der Waals surface area (Å²) in [5.74, 6) is 1.39. The summed E-state index contributed by atoms with van der Waals surface area (Å²) >= 11 is 7.81. The summed E-state index contributed by atoms with van der Waals surface area (Å²) in [5, 5.41) is 13.4. The van der Waals surface area contributed by atoms with Crippen molar-refractivity contribution in [2.45, 2.75) is 25.9 Å². The molecular formula is C14H18ClNO2S. The summed E-state index contributed by atoms with van der Waals surface area (Å²) < 4.78 is 0. The summed E-state index contributed by atoms with van der Waals surface area (Å²) in [5.41, 5.74) is 1.79. The minimum Gasteiger partial charge on any atom is -0.387 e. The molecule has 2 rings (SSSR count). The molecule has 1 atom stereocenters. The molecule has 1 aliphatic rings. The molecule has 1 aromatic rings. The number of nitrogens with one attached hydrogen (secondary N) is 1. The van der Waals surface area contributed by atoms with Crippen molar-refractivity contribution < 1.29 is 9.90 Å². The van der Waals surface area contributed by atoms with Crippen LogP contribution in [0.15, 0.2) is 12.1 Å². The minimum atomic E-state index is -0.771. The number of amides is 1. The molecule has 0 aliphatic carbocycles. The first kappa shape index (κ1) is 14.7. The maximum Gasteiger partial charge on any atom is 0.252 e. The van der Waals surface area contributed by atoms with E-state index in [-0.39, 0.29) is 12.5 Å². The molecular weight excluding hydrogens is 282 g/mol. The number of hydrogen-bond acceptors (Lipinski definition) is 3. The molecule has 1 saturated heterocycles. The summed E-state index contributed by atoms with van der Waals surface area (Å²) in [4.78, 5) is 12.1. The molecule has 0 aromatic heterocycles. The van der Waals surface area contributed by atoms with Crippen LogP contribution in [0.5, 0.6) is 0 Å². The highest BCUT2D eigenvalue weighted by Gasteiger charge is 2.32. The summed E-state index contributed by atoms with van der Waals surface area (Å²) in [6.07, 6.45) is 0.721. The van der Waals surface area contributed by atoms with Crippen molar-refractivity contribution >= 4 is 29.3 Å². The van der Waals surface area contributed by atoms with Crippen LogP contribution in [0.1, 0.15) is 27.9 Å². The largest absolute Gasteiger partial charge is 0.387 e. The molecule has 2 N–H and O–H groups in total. The van der Waals surface area contributed by atoms with Crippen molar-refractivity contribution in [1.29, 1.82) is 0 Å². The van der Waals surface area contributed by atoms with Crippen LogP contribution in [-0.4, -0.2) is 34.7 Å². The number of benzene rings is 1. The average Bonchev–Trinajstić information content (AvgIpc) is 2.78. The molecule has 1 heterocycles. The Morgan fingerprint density at radius 1 is 1.47 bits per heavy atom. The fourth-order valence-electron chi connectivity index (χ4n) is 2.03. The Kier molecular flexibility index (Phi) is 4.43. The van der Waals surface area contributed by atoms with Gasteiger partial charge in [-0.1, -0.05) is 11.6 Å². The highest BCUT2D eigenvalue weighted by Crippen LogP contribution is 2.27. The van der Waals surface area contributed by atoms with Gasteiger partial charge in [-0.05, 0) is 49.3 Å². The third-order valence-corrected chi connectivity index (χ3v) is 5.04. The minimum absolute atomic E-state index is 0.224. The van der Waals surface area contributed by atoms with Crippen LogP contribution in [0.3, 0.4) is 0 Å². The highest BCUT2D eigenvalue weighted by molar-refractivity contribution is 7.99. The molecule has 0 radical (unpaired) electrons. The van der Waals surface area contributed by atoms with Gasteiger partial charge in [0.25, 0.3) is 5.91 Å². The van der Waals surface area contributed by atoms with Crippen LogP contribution in [0.25, 0.3) is 0 Å². The first-order valence-electron chi connectivity index (χ1n) is 6.26. The third-order valence-electron chi connectivity index (χ3n) is 3.49. The van der Waals surface area contributed by atoms with Gasteiger partial charge in [-0.2, -0.15) is 11.8 Å². The van der Waals surface area contributed by atoms with Crippen LogP contribution in [0, 0.1) is 13.8 Å². The number of halogens is 1. The van der Waals surface area contributed by atoms with Gasteiger partial charge in [-0.15, -0.1) is 0 Å². The second-order valence-corrected chi connectivity index (χ2v) is 6.64. The molecule has 5 heteroatoms. The Bertz CT molecular complexity index is 498. The van der Waals surface area contributed by atoms with Crippen LogP contribution < -0.4 is 5.32 Å². The summed E-state index contributed by atoms with van der Waals surface area (Å²) in [6, 6.07) is 3.59. The van der Waals surface area contributed by atoms with Crippen molar-refractivity contribution in [3.63, 3.8) is 0 Å². The second-order valence-electron chi connectivity index (χ2n) is 5.13. The lowest BCUT2D eigenvalue weighted by atomic mass is 10.0. The van der Waals surface area contributed by atoms with Crippen LogP contribution >= 0.6 is 23.4 Å². The molecule has 1 aromatic carbocycles. The molecule has 3 nitrogen and oxygen atoms in total. The van der Waals surface area contributed by atoms with Crippen LogP contribution in [0.2, 0.25) is 5.02 Å². The van der Waals surface area contributed by atoms with Crippen molar-refractivity contribution in [2.75, 3.05) is 18.1 Å². The van der Waals surface area contributed by atoms with Crippen molar-refractivity contribution in [1.82, 2.24) is 5.32 Å². The topological polar surface area (TPSA) is 49.3 Å². The maximum absolute atomic E-state index is 12.1. The molecule has 1 fully saturated rings. The van der Waals surface area contributed by atoms with E-state index in [0.717, 1.165) is 23.3 Å². The van der Waals surface area contributed by atoms with Gasteiger partial charge in [0.05, 0.1) is 16.2 Å². The van der Waals surface area contributed by atoms with Crippen molar-refractivity contribution in [2.24, 2.45) is 0 Å². The van der Waals surface area contributed by atoms with Gasteiger partial charge >= 0.3 is 0 Å². The van der Waals surface area contributed by atoms with Crippen molar-refractivity contribution in [3.05, 3.63) is 33.8 Å². The molecule has 104 valence electrons. The predicted molar refractivity (Wildman–Crippen MR) is 80.2 cm³/mol. The van der Waals surface area contributed by atoms with E-state index in [1.54, 1.807) is 23.9 Å². The Labute approximate surface area is 122 Å². The number of carbonyl (C=O) groups is 1. The van der Waals surface area contributed by atoms with E-state index in [1.807, 2.05) is 13.8 Å². The Morgan fingerprint density at radius 3 is 2.79 bits per heavy atom. The Morgan fingerprint density at radius 2 is 2.16 bits per heavy atom. The first-order valence-corrected chi connectivity index (χ1v) is 7.80. The maximum atomic E-state index is 12.1. The van der Waals surface area contributed by atoms with Gasteiger partial charge in [0.1, 0.15) is 0 Å². The SMILES string of the molecule is Cc1cc(Cl)c(C(=O)NCC2(O)CCSC2)cc1C. The fourth-order valence-corrected chi connectivity index (χ4v) is 3.63. The number of thioether (sulfide) groups is 1. The standard InChI is InChI=1S/C14H18ClNO2S/c1-9-5-11(12(15)6-10(9)2)13(17)16-7-14(18)3-4-19-8-14/h5-6,18H,3-4,7-8H2,1-2H3,(H,16,17). The predicted octanol–water partition coefficient (Wildman–Crippen LogP) is 2.55. The van der Waals surface area contributed by atoms with Gasteiger partial charge in [-0.25, -0.2) is 0 Å². The summed E-state index contributed by atoms with van der Waals surface area (Å²) in [6.45, 7) is 4.19. The van der Waals surface area contributed by atoms with E-state index in [2.05, 4.69) is 5.32 Å². The lowest BCUT2D eigenvalue weighted by Crippen LogP contribution is -2.43. The average molecular weight is 300 g/mol. The van der Waals surface area contributed by atoms with Crippen molar-refractivity contribution in [3.8, 4) is 0 Å². The zero-order valence-electron chi connectivity index (χ0n) is 11.1. The number of hydrogen-bond donors (Lipinski definition) is 2. The van der Waals surface area contributed by atoms with Gasteiger partial charge < -0.3 is 10.4 Å². The van der Waals surface area contributed by atoms with E-state index in [4.69, 9.17) is 11.6 Å². The van der Waals surface area contributed by atoms with Gasteiger partial charge in [0.15, 0.2) is 0 Å². The highest BCUT2D eigenvalue weighted by atomic mass is 35.5. The zero-order valence-corrected chi connectivity index (χ0v) is 12.7. The number of aliphatic hydroxyl groups is 1. The van der Waals surface area contributed by atoms with E-state index in [9.17, 15) is 9.90 Å². The summed E-state index contributed by atoms with van der Waals surface area (Å²) in [7, 11) is 0. The van der Waals surface area contributed by atoms with Crippen LogP contribution in [0.4, 0.5) is 0 Å². The molecule has 0 bridgehead atoms. The molecule has 1 unspecified atom stereocenters. The molecule has 0 saturated carbocycles. The Hall–Kier alpha value is -0.710. The van der Waals surface area contributed by atoms with E-state index < -0.39 is 5.60 Å². The van der Waals surface area contributed by atoms with E-state index >= 15 is 0 Å². The first-order chi connectivity index (χ1) is 8.91. The normalized spacial score (nSPS) is 22.5. The second kappa shape index (κ2) is 5.73. The number of aryl methyl sites for hydroxylation is 2. The van der Waals surface area contributed by atoms with E-state index in [0.29, 0.717) is 16.3 Å². The molecule has 1 aliphatic heterocycles. The van der Waals surface area contributed by atoms with Gasteiger partial charge in [0.2, 0.25) is 0 Å². The smallest absolute Gasteiger partial charge is 0.252 e. The molecule has 1 amide bonds. The van der Waals surface area contributed by atoms with Crippen LogP contribution in [-0.2, 0) is 0 Å². The lowest BCUT2D eigenvalue weighted by molar-refractivity contribution is 0.0612. The third kappa shape index (κ3) is 3.44. The fraction of sp³-hybridized carbons (Fsp3) is 0.500. The quantitative estimate of drug-likeness (QED) is 0.902. The number of rotatable bonds is 3.